The fraction of sp³-hybridized carbons (Fsp3) is 0.263. The van der Waals surface area contributed by atoms with Crippen LogP contribution in [0.2, 0.25) is 0 Å². The fourth-order valence-corrected chi connectivity index (χ4v) is 2.70. The van der Waals surface area contributed by atoms with Crippen molar-refractivity contribution in [3.8, 4) is 0 Å². The molecule has 134 valence electrons. The van der Waals surface area contributed by atoms with Crippen LogP contribution in [0.1, 0.15) is 30.8 Å². The number of anilines is 1. The highest BCUT2D eigenvalue weighted by atomic mass is 16.5. The van der Waals surface area contributed by atoms with Crippen molar-refractivity contribution in [3.63, 3.8) is 0 Å². The van der Waals surface area contributed by atoms with E-state index in [0.29, 0.717) is 34.2 Å². The van der Waals surface area contributed by atoms with E-state index in [1.54, 1.807) is 18.3 Å². The number of nitrogens with one attached hydrogen (secondary N) is 1. The summed E-state index contributed by atoms with van der Waals surface area (Å²) in [6, 6.07) is 3.31. The first-order valence-corrected chi connectivity index (χ1v) is 8.32. The zero-order valence-electron chi connectivity index (χ0n) is 14.9. The van der Waals surface area contributed by atoms with Crippen LogP contribution in [-0.4, -0.2) is 28.8 Å². The number of rotatable bonds is 5. The van der Waals surface area contributed by atoms with Crippen LogP contribution in [0.5, 0.6) is 0 Å². The van der Waals surface area contributed by atoms with Gasteiger partial charge in [-0.1, -0.05) is 13.8 Å². The van der Waals surface area contributed by atoms with Crippen molar-refractivity contribution in [2.45, 2.75) is 20.3 Å². The van der Waals surface area contributed by atoms with Gasteiger partial charge in [-0.2, -0.15) is 0 Å². The van der Waals surface area contributed by atoms with Crippen LogP contribution in [0.4, 0.5) is 5.69 Å². The molecule has 1 aromatic carbocycles. The molecule has 0 aliphatic heterocycles. The van der Waals surface area contributed by atoms with Gasteiger partial charge in [0.1, 0.15) is 0 Å². The number of amides is 1. The molecule has 0 saturated carbocycles. The third-order valence-corrected chi connectivity index (χ3v) is 4.38. The number of ketones is 1. The maximum absolute atomic E-state index is 12.3. The standard InChI is InChI=1S/C19H20N4O3/c1-4-10(2)19(25)23-14-8-12(20)17-16-11(9-21-17)7-13(22-18(14)16)15(24)5-6-26-3/h5-10,22H,4,20H2,1-3H3/b6-5+,23-14?. The van der Waals surface area contributed by atoms with E-state index in [1.807, 2.05) is 13.8 Å². The molecule has 2 aromatic heterocycles. The topological polar surface area (TPSA) is 110 Å². The minimum Gasteiger partial charge on any atom is -0.504 e. The van der Waals surface area contributed by atoms with Crippen molar-refractivity contribution >= 4 is 39.2 Å². The van der Waals surface area contributed by atoms with Gasteiger partial charge in [-0.25, -0.2) is 4.99 Å². The molecule has 1 unspecified atom stereocenters. The van der Waals surface area contributed by atoms with E-state index in [1.165, 1.54) is 19.4 Å². The first-order valence-electron chi connectivity index (χ1n) is 8.32. The molecule has 26 heavy (non-hydrogen) atoms. The smallest absolute Gasteiger partial charge is 0.249 e. The number of nitrogens with two attached hydrogens (primary N) is 1. The van der Waals surface area contributed by atoms with Crippen LogP contribution >= 0.6 is 0 Å². The molecule has 0 radical (unpaired) electrons. The fourth-order valence-electron chi connectivity index (χ4n) is 2.70. The van der Waals surface area contributed by atoms with Crippen molar-refractivity contribution in [1.29, 1.82) is 0 Å². The number of hydrogen-bond acceptors (Lipinski definition) is 5. The van der Waals surface area contributed by atoms with Crippen LogP contribution in [0.15, 0.2) is 35.7 Å². The van der Waals surface area contributed by atoms with Crippen molar-refractivity contribution in [1.82, 2.24) is 9.97 Å². The average molecular weight is 352 g/mol. The zero-order chi connectivity index (χ0) is 18.8. The van der Waals surface area contributed by atoms with E-state index in [4.69, 9.17) is 10.5 Å². The lowest BCUT2D eigenvalue weighted by atomic mass is 10.1. The van der Waals surface area contributed by atoms with Gasteiger partial charge in [0, 0.05) is 29.0 Å². The number of ether oxygens (including phenoxy) is 1. The number of methoxy groups -OCH3 is 1. The number of carbonyl (C=O) groups is 2. The number of aromatic nitrogens is 2. The maximum atomic E-state index is 12.3. The number of nitrogen functional groups attached to an aromatic ring is 1. The summed E-state index contributed by atoms with van der Waals surface area (Å²) in [7, 11) is 1.46. The molecule has 3 rings (SSSR count). The minimum absolute atomic E-state index is 0.193. The first-order chi connectivity index (χ1) is 12.5. The van der Waals surface area contributed by atoms with E-state index in [0.717, 1.165) is 10.8 Å². The average Bonchev–Trinajstić information content (AvgIpc) is 3.07. The third kappa shape index (κ3) is 3.03. The highest BCUT2D eigenvalue weighted by molar-refractivity contribution is 6.15. The molecule has 0 spiro atoms. The lowest BCUT2D eigenvalue weighted by molar-refractivity contribution is -0.121. The van der Waals surface area contributed by atoms with Gasteiger partial charge in [0.15, 0.2) is 0 Å². The molecule has 0 aliphatic rings. The number of pyridine rings is 1. The molecule has 7 heteroatoms. The Morgan fingerprint density at radius 3 is 2.88 bits per heavy atom. The molecule has 3 N–H and O–H groups in total. The second-order valence-corrected chi connectivity index (χ2v) is 6.14. The largest absolute Gasteiger partial charge is 0.504 e. The molecule has 1 atom stereocenters. The van der Waals surface area contributed by atoms with E-state index in [2.05, 4.69) is 15.0 Å². The van der Waals surface area contributed by atoms with Gasteiger partial charge in [0.25, 0.3) is 0 Å². The second-order valence-electron chi connectivity index (χ2n) is 6.14. The number of nitrogens with zero attached hydrogens (tertiary/aromatic N) is 2. The number of carbonyl (C=O) groups excluding carboxylic acids is 2. The number of hydrogen-bond donors (Lipinski definition) is 2. The van der Waals surface area contributed by atoms with Gasteiger partial charge in [0.2, 0.25) is 11.7 Å². The van der Waals surface area contributed by atoms with Crippen molar-refractivity contribution < 1.29 is 14.3 Å². The Hall–Kier alpha value is -3.22. The van der Waals surface area contributed by atoms with Gasteiger partial charge < -0.3 is 15.5 Å². The number of allylic oxidation sites excluding steroid dienone is 1. The van der Waals surface area contributed by atoms with Gasteiger partial charge in [-0.05, 0) is 18.6 Å². The Bertz CT molecular complexity index is 1080. The van der Waals surface area contributed by atoms with E-state index < -0.39 is 0 Å². The first kappa shape index (κ1) is 17.6. The zero-order valence-corrected chi connectivity index (χ0v) is 14.9. The van der Waals surface area contributed by atoms with Crippen LogP contribution in [0, 0.1) is 5.92 Å². The summed E-state index contributed by atoms with van der Waals surface area (Å²) in [6.45, 7) is 3.76. The molecule has 7 nitrogen and oxygen atoms in total. The third-order valence-electron chi connectivity index (χ3n) is 4.38. The minimum atomic E-state index is -0.261. The molecule has 0 fully saturated rings. The molecule has 0 aliphatic carbocycles. The Labute approximate surface area is 149 Å². The van der Waals surface area contributed by atoms with Crippen LogP contribution in [0.3, 0.4) is 0 Å². The van der Waals surface area contributed by atoms with E-state index in [-0.39, 0.29) is 17.6 Å². The number of benzene rings is 1. The SMILES string of the molecule is CCC(C)C(=O)N=c1cc(N)c2ncc3cc(C(=O)/C=C/OC)[nH]c1c32. The quantitative estimate of drug-likeness (QED) is 0.317. The second kappa shape index (κ2) is 6.95. The maximum Gasteiger partial charge on any atom is 0.249 e. The Balaban J connectivity index is 2.30. The predicted molar refractivity (Wildman–Crippen MR) is 99.7 cm³/mol. The summed E-state index contributed by atoms with van der Waals surface area (Å²) in [5.74, 6) is -0.684. The number of aromatic amines is 1. The summed E-state index contributed by atoms with van der Waals surface area (Å²) in [5, 5.41) is 1.92. The molecular weight excluding hydrogens is 332 g/mol. The van der Waals surface area contributed by atoms with Gasteiger partial charge >= 0.3 is 0 Å². The van der Waals surface area contributed by atoms with Gasteiger partial charge in [-0.3, -0.25) is 14.6 Å². The van der Waals surface area contributed by atoms with E-state index in [9.17, 15) is 9.59 Å². The Kier molecular flexibility index (Phi) is 4.71. The molecule has 1 amide bonds. The Morgan fingerprint density at radius 1 is 1.42 bits per heavy atom. The monoisotopic (exact) mass is 352 g/mol. The van der Waals surface area contributed by atoms with Crippen molar-refractivity contribution in [3.05, 3.63) is 41.7 Å². The summed E-state index contributed by atoms with van der Waals surface area (Å²) in [6.07, 6.45) is 4.96. The molecular formula is C19H20N4O3. The Morgan fingerprint density at radius 2 is 2.19 bits per heavy atom. The summed E-state index contributed by atoms with van der Waals surface area (Å²) < 4.78 is 4.80. The lowest BCUT2D eigenvalue weighted by Gasteiger charge is -2.07. The number of H-pyrrole nitrogens is 1. The molecule has 3 aromatic rings. The highest BCUT2D eigenvalue weighted by Gasteiger charge is 2.16. The van der Waals surface area contributed by atoms with Gasteiger partial charge in [-0.15, -0.1) is 0 Å². The normalized spacial score (nSPS) is 13.7. The van der Waals surface area contributed by atoms with Gasteiger partial charge in [0.05, 0.1) is 41.1 Å². The molecule has 2 heterocycles. The summed E-state index contributed by atoms with van der Waals surface area (Å²) >= 11 is 0. The van der Waals surface area contributed by atoms with E-state index >= 15 is 0 Å². The van der Waals surface area contributed by atoms with Crippen LogP contribution < -0.4 is 11.1 Å². The van der Waals surface area contributed by atoms with Crippen LogP contribution in [0.25, 0.3) is 21.8 Å². The summed E-state index contributed by atoms with van der Waals surface area (Å²) in [5.41, 5.74) is 8.05. The van der Waals surface area contributed by atoms with Crippen molar-refractivity contribution in [2.75, 3.05) is 12.8 Å². The molecule has 0 bridgehead atoms. The molecule has 0 saturated heterocycles. The van der Waals surface area contributed by atoms with Crippen molar-refractivity contribution in [2.24, 2.45) is 10.9 Å². The highest BCUT2D eigenvalue weighted by Crippen LogP contribution is 2.27. The predicted octanol–water partition coefficient (Wildman–Crippen LogP) is 2.55. The van der Waals surface area contributed by atoms with Crippen LogP contribution in [-0.2, 0) is 9.53 Å². The summed E-state index contributed by atoms with van der Waals surface area (Å²) in [4.78, 5) is 36.3. The lowest BCUT2D eigenvalue weighted by Crippen LogP contribution is -2.15.